The van der Waals surface area contributed by atoms with Crippen LogP contribution in [0.25, 0.3) is 0 Å². The second-order valence-corrected chi connectivity index (χ2v) is 4.58. The van der Waals surface area contributed by atoms with Crippen LogP contribution in [0.15, 0.2) is 18.2 Å². The monoisotopic (exact) mass is 266 g/mol. The third kappa shape index (κ3) is 4.23. The number of anilines is 1. The lowest BCUT2D eigenvalue weighted by Gasteiger charge is -2.17. The molecule has 1 rings (SSSR count). The highest BCUT2D eigenvalue weighted by Gasteiger charge is 2.16. The first-order valence-electron chi connectivity index (χ1n) is 6.97. The molecular formula is C15H23FN2O. The van der Waals surface area contributed by atoms with Gasteiger partial charge in [0.2, 0.25) is 0 Å². The molecule has 2 N–H and O–H groups in total. The van der Waals surface area contributed by atoms with Crippen molar-refractivity contribution in [2.24, 2.45) is 0 Å². The Morgan fingerprint density at radius 3 is 2.53 bits per heavy atom. The molecule has 0 atom stereocenters. The molecule has 1 aromatic rings. The van der Waals surface area contributed by atoms with E-state index in [2.05, 4.69) is 10.6 Å². The summed E-state index contributed by atoms with van der Waals surface area (Å²) < 4.78 is 13.8. The van der Waals surface area contributed by atoms with Crippen molar-refractivity contribution >= 4 is 11.6 Å². The fourth-order valence-corrected chi connectivity index (χ4v) is 1.90. The molecule has 0 spiro atoms. The lowest BCUT2D eigenvalue weighted by Crippen LogP contribution is -2.34. The van der Waals surface area contributed by atoms with E-state index in [1.165, 1.54) is 6.07 Å². The lowest BCUT2D eigenvalue weighted by molar-refractivity contribution is 0.0935. The fraction of sp³-hybridized carbons (Fsp3) is 0.533. The van der Waals surface area contributed by atoms with Gasteiger partial charge < -0.3 is 10.6 Å². The van der Waals surface area contributed by atoms with E-state index >= 15 is 0 Å². The molecule has 0 saturated heterocycles. The number of benzene rings is 1. The summed E-state index contributed by atoms with van der Waals surface area (Å²) >= 11 is 0. The summed E-state index contributed by atoms with van der Waals surface area (Å²) in [5.74, 6) is -0.600. The maximum Gasteiger partial charge on any atom is 0.253 e. The Morgan fingerprint density at radius 2 is 1.95 bits per heavy atom. The topological polar surface area (TPSA) is 41.1 Å². The molecule has 0 aromatic heterocycles. The van der Waals surface area contributed by atoms with E-state index in [9.17, 15) is 9.18 Å². The van der Waals surface area contributed by atoms with Crippen molar-refractivity contribution in [1.29, 1.82) is 0 Å². The van der Waals surface area contributed by atoms with Gasteiger partial charge in [-0.15, -0.1) is 0 Å². The largest absolute Gasteiger partial charge is 0.382 e. The summed E-state index contributed by atoms with van der Waals surface area (Å²) in [5.41, 5.74) is 0.674. The van der Waals surface area contributed by atoms with Crippen LogP contribution in [0.1, 0.15) is 50.4 Å². The maximum atomic E-state index is 13.8. The van der Waals surface area contributed by atoms with Crippen LogP contribution in [-0.2, 0) is 0 Å². The summed E-state index contributed by atoms with van der Waals surface area (Å²) in [4.78, 5) is 12.2. The van der Waals surface area contributed by atoms with Crippen molar-refractivity contribution in [3.63, 3.8) is 0 Å². The van der Waals surface area contributed by atoms with Crippen molar-refractivity contribution in [2.45, 2.75) is 46.1 Å². The van der Waals surface area contributed by atoms with Gasteiger partial charge in [0.05, 0.1) is 11.3 Å². The molecule has 106 valence electrons. The maximum absolute atomic E-state index is 13.8. The standard InChI is InChI=1S/C15H23FN2O/c1-4-10-17-14-12(8-7-9-13(14)16)15(19)18-11(5-2)6-3/h7-9,11,17H,4-6,10H2,1-3H3,(H,18,19). The van der Waals surface area contributed by atoms with Gasteiger partial charge in [0.15, 0.2) is 0 Å². The first-order valence-corrected chi connectivity index (χ1v) is 6.97. The summed E-state index contributed by atoms with van der Waals surface area (Å²) in [6.45, 7) is 6.69. The molecule has 0 heterocycles. The summed E-state index contributed by atoms with van der Waals surface area (Å²) in [6, 6.07) is 4.72. The van der Waals surface area contributed by atoms with E-state index in [1.54, 1.807) is 12.1 Å². The van der Waals surface area contributed by atoms with E-state index in [0.29, 0.717) is 17.8 Å². The van der Waals surface area contributed by atoms with E-state index in [1.807, 2.05) is 20.8 Å². The minimum atomic E-state index is -0.384. The summed E-state index contributed by atoms with van der Waals surface area (Å²) in [7, 11) is 0. The lowest BCUT2D eigenvalue weighted by atomic mass is 10.1. The molecule has 0 aliphatic carbocycles. The van der Waals surface area contributed by atoms with Crippen LogP contribution in [0.4, 0.5) is 10.1 Å². The van der Waals surface area contributed by atoms with Crippen molar-refractivity contribution in [1.82, 2.24) is 5.32 Å². The number of carbonyl (C=O) groups is 1. The first kappa shape index (κ1) is 15.5. The predicted molar refractivity (Wildman–Crippen MR) is 77.0 cm³/mol. The van der Waals surface area contributed by atoms with Crippen LogP contribution in [0, 0.1) is 5.82 Å². The van der Waals surface area contributed by atoms with Gasteiger partial charge in [-0.3, -0.25) is 4.79 Å². The highest BCUT2D eigenvalue weighted by molar-refractivity contribution is 5.99. The van der Waals surface area contributed by atoms with Gasteiger partial charge in [-0.05, 0) is 31.4 Å². The molecule has 4 heteroatoms. The molecule has 0 unspecified atom stereocenters. The van der Waals surface area contributed by atoms with Gasteiger partial charge in [-0.1, -0.05) is 26.8 Å². The van der Waals surface area contributed by atoms with Gasteiger partial charge in [-0.25, -0.2) is 4.39 Å². The van der Waals surface area contributed by atoms with Gasteiger partial charge in [0, 0.05) is 12.6 Å². The van der Waals surface area contributed by atoms with Gasteiger partial charge in [0.1, 0.15) is 5.82 Å². The SMILES string of the molecule is CCCNc1c(F)cccc1C(=O)NC(CC)CC. The quantitative estimate of drug-likeness (QED) is 0.792. The Balaban J connectivity index is 2.92. The van der Waals surface area contributed by atoms with E-state index in [-0.39, 0.29) is 17.8 Å². The Kier molecular flexibility index (Phi) is 6.33. The zero-order valence-corrected chi connectivity index (χ0v) is 11.9. The number of halogens is 1. The molecule has 0 fully saturated rings. The molecule has 3 nitrogen and oxygen atoms in total. The first-order chi connectivity index (χ1) is 9.13. The molecule has 0 radical (unpaired) electrons. The van der Waals surface area contributed by atoms with E-state index in [0.717, 1.165) is 19.3 Å². The Hall–Kier alpha value is -1.58. The number of rotatable bonds is 7. The molecule has 0 aliphatic rings. The highest BCUT2D eigenvalue weighted by atomic mass is 19.1. The zero-order valence-electron chi connectivity index (χ0n) is 11.9. The summed E-state index contributed by atoms with van der Waals surface area (Å²) in [5, 5.41) is 5.92. The number of nitrogens with one attached hydrogen (secondary N) is 2. The Morgan fingerprint density at radius 1 is 1.26 bits per heavy atom. The van der Waals surface area contributed by atoms with Gasteiger partial charge >= 0.3 is 0 Å². The van der Waals surface area contributed by atoms with E-state index in [4.69, 9.17) is 0 Å². The van der Waals surface area contributed by atoms with Crippen LogP contribution < -0.4 is 10.6 Å². The molecule has 1 amide bonds. The van der Waals surface area contributed by atoms with Gasteiger partial charge in [0.25, 0.3) is 5.91 Å². The van der Waals surface area contributed by atoms with Crippen molar-refractivity contribution in [2.75, 3.05) is 11.9 Å². The third-order valence-corrected chi connectivity index (χ3v) is 3.13. The van der Waals surface area contributed by atoms with Crippen molar-refractivity contribution < 1.29 is 9.18 Å². The molecule has 0 aliphatic heterocycles. The van der Waals surface area contributed by atoms with Crippen molar-refractivity contribution in [3.8, 4) is 0 Å². The summed E-state index contributed by atoms with van der Waals surface area (Å²) in [6.07, 6.45) is 2.62. The van der Waals surface area contributed by atoms with Crippen LogP contribution >= 0.6 is 0 Å². The minimum Gasteiger partial charge on any atom is -0.382 e. The molecule has 19 heavy (non-hydrogen) atoms. The number of para-hydroxylation sites is 1. The second kappa shape index (κ2) is 7.77. The predicted octanol–water partition coefficient (Wildman–Crippen LogP) is 3.57. The molecular weight excluding hydrogens is 243 g/mol. The average Bonchev–Trinajstić information content (AvgIpc) is 2.42. The van der Waals surface area contributed by atoms with Crippen molar-refractivity contribution in [3.05, 3.63) is 29.6 Å². The highest BCUT2D eigenvalue weighted by Crippen LogP contribution is 2.20. The molecule has 0 bridgehead atoms. The molecule has 1 aromatic carbocycles. The Bertz CT molecular complexity index is 417. The number of hydrogen-bond donors (Lipinski definition) is 2. The number of amides is 1. The second-order valence-electron chi connectivity index (χ2n) is 4.58. The number of carbonyl (C=O) groups excluding carboxylic acids is 1. The smallest absolute Gasteiger partial charge is 0.253 e. The zero-order chi connectivity index (χ0) is 14.3. The average molecular weight is 266 g/mol. The third-order valence-electron chi connectivity index (χ3n) is 3.13. The van der Waals surface area contributed by atoms with Crippen LogP contribution in [-0.4, -0.2) is 18.5 Å². The van der Waals surface area contributed by atoms with Gasteiger partial charge in [-0.2, -0.15) is 0 Å². The Labute approximate surface area is 114 Å². The fourth-order valence-electron chi connectivity index (χ4n) is 1.90. The van der Waals surface area contributed by atoms with E-state index < -0.39 is 0 Å². The van der Waals surface area contributed by atoms with Crippen LogP contribution in [0.2, 0.25) is 0 Å². The van der Waals surface area contributed by atoms with Crippen LogP contribution in [0.5, 0.6) is 0 Å². The number of hydrogen-bond acceptors (Lipinski definition) is 2. The van der Waals surface area contributed by atoms with Crippen LogP contribution in [0.3, 0.4) is 0 Å². The minimum absolute atomic E-state index is 0.134. The molecule has 0 saturated carbocycles. The normalized spacial score (nSPS) is 10.6.